The van der Waals surface area contributed by atoms with Gasteiger partial charge in [-0.05, 0) is 31.9 Å². The highest BCUT2D eigenvalue weighted by Crippen LogP contribution is 2.38. The van der Waals surface area contributed by atoms with E-state index in [4.69, 9.17) is 18.9 Å². The minimum absolute atomic E-state index is 0.221. The van der Waals surface area contributed by atoms with Gasteiger partial charge in [0.25, 0.3) is 11.8 Å². The molecule has 154 valence electrons. The Morgan fingerprint density at radius 2 is 1.61 bits per heavy atom. The molecule has 1 atom stereocenters. The molecule has 1 N–H and O–H groups in total. The highest BCUT2D eigenvalue weighted by molar-refractivity contribution is 5.97. The van der Waals surface area contributed by atoms with Gasteiger partial charge in [-0.15, -0.1) is 0 Å². The van der Waals surface area contributed by atoms with Gasteiger partial charge in [-0.2, -0.15) is 0 Å². The topological polar surface area (TPSA) is 103 Å². The first-order valence-electron chi connectivity index (χ1n) is 8.97. The van der Waals surface area contributed by atoms with Gasteiger partial charge in [0.1, 0.15) is 6.54 Å². The predicted octanol–water partition coefficient (Wildman–Crippen LogP) is 0.996. The summed E-state index contributed by atoms with van der Waals surface area (Å²) in [5.74, 6) is -0.439. The quantitative estimate of drug-likeness (QED) is 0.656. The van der Waals surface area contributed by atoms with E-state index in [-0.39, 0.29) is 18.0 Å². The fourth-order valence-corrected chi connectivity index (χ4v) is 2.95. The lowest BCUT2D eigenvalue weighted by Crippen LogP contribution is -2.40. The fraction of sp³-hybridized carbons (Fsp3) is 0.526. The smallest absolute Gasteiger partial charge is 0.326 e. The molecule has 0 radical (unpaired) electrons. The summed E-state index contributed by atoms with van der Waals surface area (Å²) in [5, 5.41) is 2.46. The van der Waals surface area contributed by atoms with Crippen LogP contribution in [0.3, 0.4) is 0 Å². The van der Waals surface area contributed by atoms with Crippen molar-refractivity contribution in [3.05, 3.63) is 17.7 Å². The first-order chi connectivity index (χ1) is 13.4. The number of likely N-dealkylation sites (tertiary alicyclic amines) is 1. The number of nitrogens with zero attached hydrogens (tertiary/aromatic N) is 1. The van der Waals surface area contributed by atoms with Gasteiger partial charge in [-0.25, -0.2) is 0 Å². The van der Waals surface area contributed by atoms with Crippen molar-refractivity contribution in [2.75, 3.05) is 41.0 Å². The van der Waals surface area contributed by atoms with Crippen LogP contribution in [0.1, 0.15) is 30.1 Å². The Bertz CT molecular complexity index is 704. The van der Waals surface area contributed by atoms with Crippen molar-refractivity contribution < 1.29 is 33.3 Å². The number of hydrogen-bond acceptors (Lipinski definition) is 7. The van der Waals surface area contributed by atoms with Crippen LogP contribution in [0, 0.1) is 0 Å². The number of esters is 1. The maximum atomic E-state index is 12.4. The highest BCUT2D eigenvalue weighted by Gasteiger charge is 2.26. The van der Waals surface area contributed by atoms with Crippen LogP contribution in [-0.4, -0.2) is 69.8 Å². The minimum Gasteiger partial charge on any atom is -0.493 e. The Kier molecular flexibility index (Phi) is 7.48. The largest absolute Gasteiger partial charge is 0.493 e. The molecule has 2 rings (SSSR count). The van der Waals surface area contributed by atoms with Gasteiger partial charge in [0.15, 0.2) is 17.6 Å². The van der Waals surface area contributed by atoms with E-state index in [2.05, 4.69) is 5.32 Å². The van der Waals surface area contributed by atoms with Crippen molar-refractivity contribution in [1.29, 1.82) is 0 Å². The zero-order chi connectivity index (χ0) is 20.7. The molecule has 9 nitrogen and oxygen atoms in total. The summed E-state index contributed by atoms with van der Waals surface area (Å²) in [6.45, 7) is 2.52. The van der Waals surface area contributed by atoms with E-state index in [1.54, 1.807) is 4.90 Å². The molecule has 1 aromatic carbocycles. The summed E-state index contributed by atoms with van der Waals surface area (Å²) < 4.78 is 20.7. The molecule has 1 unspecified atom stereocenters. The molecule has 1 saturated heterocycles. The Balaban J connectivity index is 1.94. The summed E-state index contributed by atoms with van der Waals surface area (Å²) in [5.41, 5.74) is 0.225. The first-order valence-corrected chi connectivity index (χ1v) is 8.97. The molecule has 0 bridgehead atoms. The lowest BCUT2D eigenvalue weighted by Gasteiger charge is -2.20. The van der Waals surface area contributed by atoms with Gasteiger partial charge in [0, 0.05) is 18.7 Å². The second-order valence-electron chi connectivity index (χ2n) is 6.26. The van der Waals surface area contributed by atoms with Gasteiger partial charge < -0.3 is 29.2 Å². The average molecular weight is 394 g/mol. The third kappa shape index (κ3) is 5.05. The number of ether oxygens (including phenoxy) is 4. The number of rotatable bonds is 8. The van der Waals surface area contributed by atoms with Crippen LogP contribution < -0.4 is 19.5 Å². The molecule has 1 heterocycles. The van der Waals surface area contributed by atoms with Gasteiger partial charge in [-0.1, -0.05) is 0 Å². The van der Waals surface area contributed by atoms with Crippen molar-refractivity contribution in [3.8, 4) is 17.2 Å². The van der Waals surface area contributed by atoms with Gasteiger partial charge in [-0.3, -0.25) is 14.4 Å². The zero-order valence-electron chi connectivity index (χ0n) is 16.6. The Hall–Kier alpha value is -2.97. The summed E-state index contributed by atoms with van der Waals surface area (Å²) in [6, 6.07) is 2.95. The molecule has 0 aliphatic carbocycles. The summed E-state index contributed by atoms with van der Waals surface area (Å²) in [6.07, 6.45) is 1.03. The maximum Gasteiger partial charge on any atom is 0.326 e. The van der Waals surface area contributed by atoms with Crippen LogP contribution in [0.4, 0.5) is 0 Å². The first kappa shape index (κ1) is 21.3. The van der Waals surface area contributed by atoms with Gasteiger partial charge in [0.2, 0.25) is 5.75 Å². The molecular formula is C19H26N2O7. The number of nitrogens with one attached hydrogen (secondary N) is 1. The molecule has 0 aromatic heterocycles. The number of benzene rings is 1. The third-order valence-corrected chi connectivity index (χ3v) is 4.39. The van der Waals surface area contributed by atoms with Gasteiger partial charge >= 0.3 is 5.97 Å². The molecule has 2 amide bonds. The molecule has 1 fully saturated rings. The van der Waals surface area contributed by atoms with E-state index in [0.29, 0.717) is 30.3 Å². The third-order valence-electron chi connectivity index (χ3n) is 4.39. The Morgan fingerprint density at radius 1 is 1.04 bits per heavy atom. The molecule has 9 heteroatoms. The number of carbonyl (C=O) groups is 3. The average Bonchev–Trinajstić information content (AvgIpc) is 3.24. The molecule has 0 spiro atoms. The summed E-state index contributed by atoms with van der Waals surface area (Å²) in [7, 11) is 4.34. The lowest BCUT2D eigenvalue weighted by molar-refractivity contribution is -0.157. The van der Waals surface area contributed by atoms with Crippen molar-refractivity contribution in [1.82, 2.24) is 10.2 Å². The lowest BCUT2D eigenvalue weighted by atomic mass is 10.1. The van der Waals surface area contributed by atoms with E-state index in [1.165, 1.54) is 40.4 Å². The minimum atomic E-state index is -0.885. The molecular weight excluding hydrogens is 368 g/mol. The summed E-state index contributed by atoms with van der Waals surface area (Å²) in [4.78, 5) is 38.2. The van der Waals surface area contributed by atoms with Crippen LogP contribution in [0.25, 0.3) is 0 Å². The van der Waals surface area contributed by atoms with Crippen molar-refractivity contribution >= 4 is 17.8 Å². The van der Waals surface area contributed by atoms with Crippen LogP contribution >= 0.6 is 0 Å². The molecule has 1 aliphatic heterocycles. The monoisotopic (exact) mass is 394 g/mol. The Morgan fingerprint density at radius 3 is 2.11 bits per heavy atom. The van der Waals surface area contributed by atoms with E-state index in [9.17, 15) is 14.4 Å². The van der Waals surface area contributed by atoms with Crippen LogP contribution in [0.2, 0.25) is 0 Å². The maximum absolute atomic E-state index is 12.4. The van der Waals surface area contributed by atoms with E-state index in [1.807, 2.05) is 0 Å². The molecule has 28 heavy (non-hydrogen) atoms. The van der Waals surface area contributed by atoms with Crippen molar-refractivity contribution in [3.63, 3.8) is 0 Å². The number of amides is 2. The SMILES string of the molecule is COc1cc(C(=O)NCC(=O)OC(C)C(=O)N2CCCC2)cc(OC)c1OC. The van der Waals surface area contributed by atoms with Crippen LogP contribution in [0.15, 0.2) is 12.1 Å². The van der Waals surface area contributed by atoms with E-state index < -0.39 is 18.0 Å². The fourth-order valence-electron chi connectivity index (χ4n) is 2.95. The van der Waals surface area contributed by atoms with Crippen LogP contribution in [-0.2, 0) is 14.3 Å². The second-order valence-corrected chi connectivity index (χ2v) is 6.26. The second kappa shape index (κ2) is 9.82. The van der Waals surface area contributed by atoms with Crippen molar-refractivity contribution in [2.45, 2.75) is 25.9 Å². The molecule has 1 aromatic rings. The standard InChI is InChI=1S/C19H26N2O7/c1-12(19(24)21-7-5-6-8-21)28-16(22)11-20-18(23)13-9-14(25-2)17(27-4)15(10-13)26-3/h9-10,12H,5-8,11H2,1-4H3,(H,20,23). The van der Waals surface area contributed by atoms with E-state index in [0.717, 1.165) is 12.8 Å². The highest BCUT2D eigenvalue weighted by atomic mass is 16.5. The zero-order valence-corrected chi connectivity index (χ0v) is 16.6. The predicted molar refractivity (Wildman–Crippen MR) is 99.8 cm³/mol. The molecule has 1 aliphatic rings. The van der Waals surface area contributed by atoms with Gasteiger partial charge in [0.05, 0.1) is 21.3 Å². The number of hydrogen-bond donors (Lipinski definition) is 1. The summed E-state index contributed by atoms with van der Waals surface area (Å²) >= 11 is 0. The van der Waals surface area contributed by atoms with E-state index >= 15 is 0 Å². The number of carbonyl (C=O) groups excluding carboxylic acids is 3. The van der Waals surface area contributed by atoms with Crippen molar-refractivity contribution in [2.24, 2.45) is 0 Å². The molecule has 0 saturated carbocycles. The van der Waals surface area contributed by atoms with Crippen LogP contribution in [0.5, 0.6) is 17.2 Å². The normalized spacial score (nSPS) is 14.2. The Labute approximate surface area is 163 Å². The number of methoxy groups -OCH3 is 3.